The number of para-hydroxylation sites is 2. The summed E-state index contributed by atoms with van der Waals surface area (Å²) < 4.78 is 7.19. The van der Waals surface area contributed by atoms with Crippen LogP contribution >= 0.6 is 0 Å². The minimum atomic E-state index is -0.179. The molecule has 1 aliphatic heterocycles. The number of aromatic nitrogens is 2. The van der Waals surface area contributed by atoms with Crippen LogP contribution in [0.4, 0.5) is 17.2 Å². The maximum atomic E-state index is 12.6. The Morgan fingerprint density at radius 2 is 1.90 bits per heavy atom. The van der Waals surface area contributed by atoms with Crippen LogP contribution in [-0.2, 0) is 16.1 Å². The van der Waals surface area contributed by atoms with E-state index < -0.39 is 0 Å². The fourth-order valence-electron chi connectivity index (χ4n) is 3.46. The summed E-state index contributed by atoms with van der Waals surface area (Å²) in [6, 6.07) is 17.3. The molecule has 1 aliphatic rings. The van der Waals surface area contributed by atoms with Crippen molar-refractivity contribution in [3.05, 3.63) is 66.4 Å². The minimum absolute atomic E-state index is 0.0159. The van der Waals surface area contributed by atoms with Gasteiger partial charge in [0.2, 0.25) is 5.91 Å². The van der Waals surface area contributed by atoms with E-state index in [1.165, 1.54) is 0 Å². The summed E-state index contributed by atoms with van der Waals surface area (Å²) in [6.45, 7) is 0.814. The van der Waals surface area contributed by atoms with Gasteiger partial charge in [-0.1, -0.05) is 24.3 Å². The van der Waals surface area contributed by atoms with E-state index in [1.54, 1.807) is 21.8 Å². The summed E-state index contributed by atoms with van der Waals surface area (Å²) in [7, 11) is 4.00. The summed E-state index contributed by atoms with van der Waals surface area (Å²) in [5.41, 5.74) is 2.90. The van der Waals surface area contributed by atoms with E-state index in [9.17, 15) is 9.59 Å². The molecule has 4 rings (SSSR count). The maximum absolute atomic E-state index is 12.6. The molecule has 0 aliphatic carbocycles. The number of hydrogen-bond donors (Lipinski definition) is 1. The number of rotatable bonds is 7. The van der Waals surface area contributed by atoms with Gasteiger partial charge in [-0.05, 0) is 29.8 Å². The van der Waals surface area contributed by atoms with Gasteiger partial charge in [0, 0.05) is 38.8 Å². The lowest BCUT2D eigenvalue weighted by molar-refractivity contribution is -0.121. The summed E-state index contributed by atoms with van der Waals surface area (Å²) in [6.07, 6.45) is 1.83. The maximum Gasteiger partial charge on any atom is 0.265 e. The van der Waals surface area contributed by atoms with Crippen molar-refractivity contribution in [3.8, 4) is 5.75 Å². The highest BCUT2D eigenvalue weighted by atomic mass is 16.5. The molecule has 31 heavy (non-hydrogen) atoms. The highest BCUT2D eigenvalue weighted by Crippen LogP contribution is 2.31. The average Bonchev–Trinajstić information content (AvgIpc) is 3.19. The fraction of sp³-hybridized carbons (Fsp3) is 0.261. The Labute approximate surface area is 181 Å². The molecule has 0 spiro atoms. The number of benzene rings is 2. The monoisotopic (exact) mass is 419 g/mol. The number of anilines is 3. The molecule has 2 amide bonds. The first-order chi connectivity index (χ1) is 15.0. The first-order valence-corrected chi connectivity index (χ1v) is 10.1. The molecule has 0 atom stereocenters. The Bertz CT molecular complexity index is 1070. The van der Waals surface area contributed by atoms with E-state index in [4.69, 9.17) is 4.74 Å². The van der Waals surface area contributed by atoms with Gasteiger partial charge in [-0.3, -0.25) is 9.59 Å². The average molecular weight is 419 g/mol. The van der Waals surface area contributed by atoms with Crippen LogP contribution in [0.1, 0.15) is 12.0 Å². The fourth-order valence-corrected chi connectivity index (χ4v) is 3.46. The second-order valence-electron chi connectivity index (χ2n) is 7.53. The quantitative estimate of drug-likeness (QED) is 0.637. The van der Waals surface area contributed by atoms with Gasteiger partial charge in [-0.15, -0.1) is 0 Å². The Morgan fingerprint density at radius 1 is 1.13 bits per heavy atom. The van der Waals surface area contributed by atoms with Gasteiger partial charge < -0.3 is 19.9 Å². The highest BCUT2D eigenvalue weighted by Gasteiger charge is 2.25. The van der Waals surface area contributed by atoms with Crippen molar-refractivity contribution in [2.24, 2.45) is 0 Å². The number of hydrogen-bond acceptors (Lipinski definition) is 5. The minimum Gasteiger partial charge on any atom is -0.482 e. The number of carbonyl (C=O) groups is 2. The van der Waals surface area contributed by atoms with Crippen LogP contribution < -0.4 is 19.9 Å². The zero-order chi connectivity index (χ0) is 21.8. The van der Waals surface area contributed by atoms with Crippen molar-refractivity contribution >= 4 is 29.0 Å². The molecule has 2 heterocycles. The Kier molecular flexibility index (Phi) is 5.88. The molecular weight excluding hydrogens is 394 g/mol. The van der Waals surface area contributed by atoms with Gasteiger partial charge in [0.25, 0.3) is 5.91 Å². The molecule has 0 radical (unpaired) electrons. The molecule has 2 aromatic carbocycles. The highest BCUT2D eigenvalue weighted by molar-refractivity contribution is 5.99. The second-order valence-corrected chi connectivity index (χ2v) is 7.53. The largest absolute Gasteiger partial charge is 0.482 e. The molecule has 0 saturated carbocycles. The van der Waals surface area contributed by atoms with Crippen molar-refractivity contribution in [1.29, 1.82) is 0 Å². The zero-order valence-corrected chi connectivity index (χ0v) is 17.6. The molecule has 0 unspecified atom stereocenters. The normalized spacial score (nSPS) is 12.8. The molecule has 1 N–H and O–H groups in total. The van der Waals surface area contributed by atoms with E-state index in [1.807, 2.05) is 67.5 Å². The summed E-state index contributed by atoms with van der Waals surface area (Å²) in [5, 5.41) is 7.23. The first kappa shape index (κ1) is 20.5. The van der Waals surface area contributed by atoms with Crippen LogP contribution in [0.15, 0.2) is 60.8 Å². The lowest BCUT2D eigenvalue weighted by Gasteiger charge is -2.29. The zero-order valence-electron chi connectivity index (χ0n) is 17.6. The van der Waals surface area contributed by atoms with E-state index in [0.29, 0.717) is 23.8 Å². The van der Waals surface area contributed by atoms with Gasteiger partial charge in [-0.25, -0.2) is 4.68 Å². The van der Waals surface area contributed by atoms with Crippen LogP contribution in [0, 0.1) is 0 Å². The topological polar surface area (TPSA) is 79.7 Å². The molecule has 0 fully saturated rings. The van der Waals surface area contributed by atoms with Gasteiger partial charge >= 0.3 is 0 Å². The Hall–Kier alpha value is -3.81. The van der Waals surface area contributed by atoms with Crippen molar-refractivity contribution in [2.45, 2.75) is 13.0 Å². The third kappa shape index (κ3) is 4.69. The smallest absolute Gasteiger partial charge is 0.265 e. The van der Waals surface area contributed by atoms with Crippen LogP contribution in [0.3, 0.4) is 0 Å². The van der Waals surface area contributed by atoms with Crippen molar-refractivity contribution in [2.75, 3.05) is 42.4 Å². The molecule has 8 heteroatoms. The van der Waals surface area contributed by atoms with Gasteiger partial charge in [-0.2, -0.15) is 5.10 Å². The number of fused-ring (bicyclic) bond motifs is 1. The summed E-state index contributed by atoms with van der Waals surface area (Å²) >= 11 is 0. The van der Waals surface area contributed by atoms with Crippen LogP contribution in [0.2, 0.25) is 0 Å². The number of ether oxygens (including phenoxy) is 1. The van der Waals surface area contributed by atoms with E-state index in [2.05, 4.69) is 10.4 Å². The number of nitrogens with zero attached hydrogens (tertiary/aromatic N) is 4. The summed E-state index contributed by atoms with van der Waals surface area (Å²) in [4.78, 5) is 28.5. The third-order valence-corrected chi connectivity index (χ3v) is 5.14. The molecule has 1 aromatic heterocycles. The Balaban J connectivity index is 1.37. The predicted molar refractivity (Wildman–Crippen MR) is 120 cm³/mol. The predicted octanol–water partition coefficient (Wildman–Crippen LogP) is 2.75. The number of amides is 2. The van der Waals surface area contributed by atoms with Crippen molar-refractivity contribution in [3.63, 3.8) is 0 Å². The third-order valence-electron chi connectivity index (χ3n) is 5.14. The van der Waals surface area contributed by atoms with Gasteiger partial charge in [0.05, 0.1) is 18.4 Å². The lowest BCUT2D eigenvalue weighted by Crippen LogP contribution is -2.40. The molecular formula is C23H25N5O3. The second kappa shape index (κ2) is 8.91. The van der Waals surface area contributed by atoms with Crippen molar-refractivity contribution in [1.82, 2.24) is 9.78 Å². The van der Waals surface area contributed by atoms with Gasteiger partial charge in [0.1, 0.15) is 11.6 Å². The Morgan fingerprint density at radius 3 is 2.68 bits per heavy atom. The summed E-state index contributed by atoms with van der Waals surface area (Å²) in [5.74, 6) is 0.940. The van der Waals surface area contributed by atoms with E-state index >= 15 is 0 Å². The molecule has 160 valence electrons. The van der Waals surface area contributed by atoms with Crippen molar-refractivity contribution < 1.29 is 14.3 Å². The van der Waals surface area contributed by atoms with E-state index in [-0.39, 0.29) is 31.4 Å². The van der Waals surface area contributed by atoms with Crippen LogP contribution in [0.5, 0.6) is 5.75 Å². The lowest BCUT2D eigenvalue weighted by atomic mass is 10.2. The molecule has 3 aromatic rings. The standard InChI is InChI=1S/C23H25N5O3/c1-26(2)18-9-7-17(8-10-18)15-28-21(11-13-24-28)25-22(29)12-14-27-19-5-3-4-6-20(19)31-16-23(27)30/h3-11,13H,12,14-16H2,1-2H3,(H,25,29). The van der Waals surface area contributed by atoms with Gasteiger partial charge in [0.15, 0.2) is 6.61 Å². The SMILES string of the molecule is CN(C)c1ccc(Cn2nccc2NC(=O)CCN2C(=O)COc3ccccc32)cc1. The number of nitrogens with one attached hydrogen (secondary N) is 1. The molecule has 0 saturated heterocycles. The van der Waals surface area contributed by atoms with E-state index in [0.717, 1.165) is 11.3 Å². The van der Waals surface area contributed by atoms with Crippen LogP contribution in [0.25, 0.3) is 0 Å². The number of carbonyl (C=O) groups excluding carboxylic acids is 2. The van der Waals surface area contributed by atoms with Crippen LogP contribution in [-0.4, -0.2) is 48.8 Å². The molecule has 0 bridgehead atoms. The first-order valence-electron chi connectivity index (χ1n) is 10.1. The molecule has 8 nitrogen and oxygen atoms in total.